The number of esters is 1. The maximum Gasteiger partial charge on any atom is 0.326 e. The van der Waals surface area contributed by atoms with Crippen molar-refractivity contribution in [3.63, 3.8) is 0 Å². The Bertz CT molecular complexity index is 590. The molecule has 0 spiro atoms. The van der Waals surface area contributed by atoms with Crippen LogP contribution in [0.2, 0.25) is 0 Å². The molecule has 0 atom stereocenters. The van der Waals surface area contributed by atoms with Gasteiger partial charge in [-0.2, -0.15) is 20.2 Å². The average molecular weight is 321 g/mol. The Labute approximate surface area is 136 Å². The molecule has 0 aliphatic rings. The van der Waals surface area contributed by atoms with Crippen LogP contribution in [-0.4, -0.2) is 46.2 Å². The lowest BCUT2D eigenvalue weighted by molar-refractivity contribution is -0.138. The Kier molecular flexibility index (Phi) is 6.07. The SMILES string of the molecule is COC(=O)CN(C#N)c1nc(NC(C)C)nc(NC(C)(C)C)n1. The second-order valence-corrected chi connectivity index (χ2v) is 6.22. The highest BCUT2D eigenvalue weighted by Gasteiger charge is 2.19. The number of rotatable bonds is 6. The lowest BCUT2D eigenvalue weighted by Crippen LogP contribution is -2.31. The summed E-state index contributed by atoms with van der Waals surface area (Å²) in [6.45, 7) is 9.49. The van der Waals surface area contributed by atoms with Gasteiger partial charge in [0.2, 0.25) is 17.8 Å². The molecule has 0 saturated carbocycles. The minimum absolute atomic E-state index is 0.0720. The number of anilines is 3. The van der Waals surface area contributed by atoms with E-state index in [0.717, 1.165) is 4.90 Å². The van der Waals surface area contributed by atoms with E-state index in [4.69, 9.17) is 0 Å². The lowest BCUT2D eigenvalue weighted by atomic mass is 10.1. The van der Waals surface area contributed by atoms with Crippen molar-refractivity contribution in [2.75, 3.05) is 29.2 Å². The number of hydrogen-bond acceptors (Lipinski definition) is 9. The molecule has 1 aromatic rings. The van der Waals surface area contributed by atoms with E-state index in [2.05, 4.69) is 30.3 Å². The van der Waals surface area contributed by atoms with E-state index in [1.54, 1.807) is 0 Å². The molecule has 126 valence electrons. The summed E-state index contributed by atoms with van der Waals surface area (Å²) in [5.41, 5.74) is -0.270. The van der Waals surface area contributed by atoms with Gasteiger partial charge in [0.05, 0.1) is 7.11 Å². The molecule has 0 saturated heterocycles. The Hall–Kier alpha value is -2.63. The van der Waals surface area contributed by atoms with Gasteiger partial charge in [-0.1, -0.05) is 0 Å². The summed E-state index contributed by atoms with van der Waals surface area (Å²) in [5.74, 6) is 0.149. The van der Waals surface area contributed by atoms with Crippen LogP contribution in [0.1, 0.15) is 34.6 Å². The molecule has 0 fully saturated rings. The molecule has 9 heteroatoms. The number of nitrogens with one attached hydrogen (secondary N) is 2. The Morgan fingerprint density at radius 3 is 2.39 bits per heavy atom. The van der Waals surface area contributed by atoms with Crippen molar-refractivity contribution in [3.05, 3.63) is 0 Å². The fraction of sp³-hybridized carbons (Fsp3) is 0.643. The van der Waals surface area contributed by atoms with Gasteiger partial charge in [0, 0.05) is 11.6 Å². The topological polar surface area (TPSA) is 116 Å². The van der Waals surface area contributed by atoms with Crippen LogP contribution in [0.3, 0.4) is 0 Å². The Balaban J connectivity index is 3.20. The molecule has 0 aliphatic heterocycles. The van der Waals surface area contributed by atoms with Crippen LogP contribution in [-0.2, 0) is 9.53 Å². The van der Waals surface area contributed by atoms with Gasteiger partial charge >= 0.3 is 5.97 Å². The minimum Gasteiger partial charge on any atom is -0.468 e. The van der Waals surface area contributed by atoms with Crippen molar-refractivity contribution < 1.29 is 9.53 Å². The number of nitrogens with zero attached hydrogens (tertiary/aromatic N) is 5. The van der Waals surface area contributed by atoms with Gasteiger partial charge in [0.1, 0.15) is 6.54 Å². The van der Waals surface area contributed by atoms with Crippen molar-refractivity contribution >= 4 is 23.8 Å². The molecule has 0 amide bonds. The first-order chi connectivity index (χ1) is 10.6. The lowest BCUT2D eigenvalue weighted by Gasteiger charge is -2.22. The molecule has 1 rings (SSSR count). The quantitative estimate of drug-likeness (QED) is 0.455. The highest BCUT2D eigenvalue weighted by molar-refractivity contribution is 5.75. The summed E-state index contributed by atoms with van der Waals surface area (Å²) in [6.07, 6.45) is 1.88. The number of carbonyl (C=O) groups excluding carboxylic acids is 1. The van der Waals surface area contributed by atoms with Crippen molar-refractivity contribution in [3.8, 4) is 6.19 Å². The van der Waals surface area contributed by atoms with Crippen molar-refractivity contribution in [1.82, 2.24) is 15.0 Å². The predicted molar refractivity (Wildman–Crippen MR) is 86.9 cm³/mol. The summed E-state index contributed by atoms with van der Waals surface area (Å²) in [7, 11) is 1.25. The Morgan fingerprint density at radius 1 is 1.30 bits per heavy atom. The van der Waals surface area contributed by atoms with Crippen LogP contribution >= 0.6 is 0 Å². The number of carbonyl (C=O) groups is 1. The first-order valence-corrected chi connectivity index (χ1v) is 7.19. The smallest absolute Gasteiger partial charge is 0.326 e. The standard InChI is InChI=1S/C14H23N7O2/c1-9(2)16-11-17-12(20-14(3,4)5)19-13(18-11)21(8-15)7-10(22)23-6/h9H,7H2,1-6H3,(H2,16,17,18,19,20). The van der Waals surface area contributed by atoms with Crippen LogP contribution in [0.15, 0.2) is 0 Å². The second-order valence-electron chi connectivity index (χ2n) is 6.22. The molecule has 0 radical (unpaired) electrons. The highest BCUT2D eigenvalue weighted by Crippen LogP contribution is 2.17. The summed E-state index contributed by atoms with van der Waals surface area (Å²) in [4.78, 5) is 25.1. The summed E-state index contributed by atoms with van der Waals surface area (Å²) >= 11 is 0. The predicted octanol–water partition coefficient (Wildman–Crippen LogP) is 1.36. The van der Waals surface area contributed by atoms with Crippen LogP contribution in [0.5, 0.6) is 0 Å². The van der Waals surface area contributed by atoms with Crippen molar-refractivity contribution in [2.45, 2.75) is 46.2 Å². The summed E-state index contributed by atoms with van der Waals surface area (Å²) < 4.78 is 4.58. The summed E-state index contributed by atoms with van der Waals surface area (Å²) in [6, 6.07) is 0.101. The van der Waals surface area contributed by atoms with Crippen LogP contribution < -0.4 is 15.5 Å². The maximum absolute atomic E-state index is 11.4. The number of nitriles is 1. The largest absolute Gasteiger partial charge is 0.468 e. The first kappa shape index (κ1) is 18.4. The van der Waals surface area contributed by atoms with Crippen LogP contribution in [0, 0.1) is 11.5 Å². The van der Waals surface area contributed by atoms with Gasteiger partial charge in [0.25, 0.3) is 0 Å². The van der Waals surface area contributed by atoms with E-state index in [1.807, 2.05) is 40.8 Å². The first-order valence-electron chi connectivity index (χ1n) is 7.19. The minimum atomic E-state index is -0.560. The third-order valence-corrected chi connectivity index (χ3v) is 2.41. The highest BCUT2D eigenvalue weighted by atomic mass is 16.5. The molecule has 1 aromatic heterocycles. The molecule has 0 aromatic carbocycles. The monoisotopic (exact) mass is 321 g/mol. The van der Waals surface area contributed by atoms with Gasteiger partial charge < -0.3 is 15.4 Å². The van der Waals surface area contributed by atoms with Crippen LogP contribution in [0.25, 0.3) is 0 Å². The second kappa shape index (κ2) is 7.58. The zero-order valence-corrected chi connectivity index (χ0v) is 14.3. The molecular formula is C14H23N7O2. The van der Waals surface area contributed by atoms with Gasteiger partial charge in [-0.3, -0.25) is 4.79 Å². The molecule has 9 nitrogen and oxygen atoms in total. The van der Waals surface area contributed by atoms with E-state index in [-0.39, 0.29) is 24.1 Å². The third kappa shape index (κ3) is 6.34. The number of hydrogen-bond donors (Lipinski definition) is 2. The molecule has 0 aliphatic carbocycles. The van der Waals surface area contributed by atoms with Crippen LogP contribution in [0.4, 0.5) is 17.8 Å². The normalized spacial score (nSPS) is 10.9. The molecule has 2 N–H and O–H groups in total. The Morgan fingerprint density at radius 2 is 1.91 bits per heavy atom. The number of methoxy groups -OCH3 is 1. The fourth-order valence-corrected chi connectivity index (χ4v) is 1.54. The molecule has 1 heterocycles. The third-order valence-electron chi connectivity index (χ3n) is 2.41. The van der Waals surface area contributed by atoms with E-state index in [0.29, 0.717) is 11.9 Å². The van der Waals surface area contributed by atoms with E-state index in [9.17, 15) is 10.1 Å². The fourth-order valence-electron chi connectivity index (χ4n) is 1.54. The van der Waals surface area contributed by atoms with Gasteiger partial charge in [-0.05, 0) is 34.6 Å². The zero-order chi connectivity index (χ0) is 17.6. The molecule has 23 heavy (non-hydrogen) atoms. The van der Waals surface area contributed by atoms with Gasteiger partial charge in [-0.25, -0.2) is 4.90 Å². The van der Waals surface area contributed by atoms with Crippen molar-refractivity contribution in [1.29, 1.82) is 5.26 Å². The van der Waals surface area contributed by atoms with E-state index >= 15 is 0 Å². The molecule has 0 unspecified atom stereocenters. The van der Waals surface area contributed by atoms with Crippen molar-refractivity contribution in [2.24, 2.45) is 0 Å². The summed E-state index contributed by atoms with van der Waals surface area (Å²) in [5, 5.41) is 15.4. The molecule has 0 bridgehead atoms. The average Bonchev–Trinajstić information content (AvgIpc) is 2.41. The van der Waals surface area contributed by atoms with Gasteiger partial charge in [0.15, 0.2) is 6.19 Å². The zero-order valence-electron chi connectivity index (χ0n) is 14.3. The number of aromatic nitrogens is 3. The van der Waals surface area contributed by atoms with E-state index in [1.165, 1.54) is 7.11 Å². The number of ether oxygens (including phenoxy) is 1. The maximum atomic E-state index is 11.4. The van der Waals surface area contributed by atoms with Gasteiger partial charge in [-0.15, -0.1) is 0 Å². The molecular weight excluding hydrogens is 298 g/mol. The van der Waals surface area contributed by atoms with E-state index < -0.39 is 5.97 Å².